The summed E-state index contributed by atoms with van der Waals surface area (Å²) in [4.78, 5) is 0. The van der Waals surface area contributed by atoms with Crippen molar-refractivity contribution in [3.05, 3.63) is 12.0 Å². The van der Waals surface area contributed by atoms with Gasteiger partial charge in [-0.1, -0.05) is 19.3 Å². The molecular formula is C12H24NO3P. The first-order valence-electron chi connectivity index (χ1n) is 6.52. The Hall–Kier alpha value is -0.310. The molecule has 0 bridgehead atoms. The van der Waals surface area contributed by atoms with Crippen molar-refractivity contribution in [2.75, 3.05) is 13.2 Å². The number of nitrogens with one attached hydrogen (secondary N) is 1. The first kappa shape index (κ1) is 14.7. The van der Waals surface area contributed by atoms with Gasteiger partial charge in [-0.3, -0.25) is 4.57 Å². The number of hydrogen-bond acceptors (Lipinski definition) is 4. The Morgan fingerprint density at radius 3 is 2.29 bits per heavy atom. The first-order chi connectivity index (χ1) is 8.20. The van der Waals surface area contributed by atoms with Gasteiger partial charge in [0.2, 0.25) is 0 Å². The molecule has 1 rings (SSSR count). The van der Waals surface area contributed by atoms with Crippen LogP contribution in [-0.4, -0.2) is 19.3 Å². The normalized spacial score (nSPS) is 18.7. The highest BCUT2D eigenvalue weighted by Gasteiger charge is 2.19. The molecule has 0 aromatic rings. The summed E-state index contributed by atoms with van der Waals surface area (Å²) < 4.78 is 22.4. The van der Waals surface area contributed by atoms with Crippen molar-refractivity contribution in [3.8, 4) is 0 Å². The average Bonchev–Trinajstić information content (AvgIpc) is 2.31. The molecule has 0 saturated heterocycles. The zero-order chi connectivity index (χ0) is 12.6. The van der Waals surface area contributed by atoms with Crippen molar-refractivity contribution >= 4 is 7.60 Å². The third-order valence-corrected chi connectivity index (χ3v) is 4.56. The van der Waals surface area contributed by atoms with Crippen LogP contribution < -0.4 is 5.32 Å². The molecule has 0 amide bonds. The Kier molecular flexibility index (Phi) is 6.86. The Morgan fingerprint density at radius 1 is 1.18 bits per heavy atom. The molecule has 1 N–H and O–H groups in total. The van der Waals surface area contributed by atoms with Crippen molar-refractivity contribution in [1.82, 2.24) is 5.32 Å². The van der Waals surface area contributed by atoms with Gasteiger partial charge in [-0.15, -0.1) is 0 Å². The molecule has 1 aliphatic carbocycles. The van der Waals surface area contributed by atoms with Crippen LogP contribution in [0.15, 0.2) is 12.0 Å². The average molecular weight is 261 g/mol. The van der Waals surface area contributed by atoms with E-state index >= 15 is 0 Å². The van der Waals surface area contributed by atoms with Gasteiger partial charge in [-0.25, -0.2) is 0 Å². The summed E-state index contributed by atoms with van der Waals surface area (Å²) in [5.41, 5.74) is 0. The van der Waals surface area contributed by atoms with Crippen LogP contribution in [0.2, 0.25) is 0 Å². The molecular weight excluding hydrogens is 237 g/mol. The summed E-state index contributed by atoms with van der Waals surface area (Å²) in [6, 6.07) is 0.511. The van der Waals surface area contributed by atoms with E-state index in [1.165, 1.54) is 37.9 Å². The van der Waals surface area contributed by atoms with Gasteiger partial charge in [0.15, 0.2) is 0 Å². The van der Waals surface area contributed by atoms with Crippen LogP contribution >= 0.6 is 7.60 Å². The Morgan fingerprint density at radius 2 is 1.76 bits per heavy atom. The topological polar surface area (TPSA) is 47.6 Å². The molecule has 5 heteroatoms. The zero-order valence-electron chi connectivity index (χ0n) is 10.9. The summed E-state index contributed by atoms with van der Waals surface area (Å²) in [5.74, 6) is 1.54. The van der Waals surface area contributed by atoms with E-state index in [2.05, 4.69) is 5.32 Å². The summed E-state index contributed by atoms with van der Waals surface area (Å²) in [6.07, 6.45) is 8.01. The van der Waals surface area contributed by atoms with Gasteiger partial charge in [0.05, 0.1) is 13.2 Å². The molecule has 0 radical (unpaired) electrons. The lowest BCUT2D eigenvalue weighted by Crippen LogP contribution is -2.26. The fraction of sp³-hybridized carbons (Fsp3) is 0.833. The molecule has 0 aromatic carbocycles. The Bertz CT molecular complexity index is 265. The van der Waals surface area contributed by atoms with Crippen LogP contribution in [0.1, 0.15) is 46.0 Å². The van der Waals surface area contributed by atoms with Crippen LogP contribution in [-0.2, 0) is 13.6 Å². The van der Waals surface area contributed by atoms with E-state index in [-0.39, 0.29) is 0 Å². The maximum absolute atomic E-state index is 12.1. The van der Waals surface area contributed by atoms with Gasteiger partial charge in [0.1, 0.15) is 0 Å². The Labute approximate surface area is 104 Å². The van der Waals surface area contributed by atoms with Crippen LogP contribution in [0.25, 0.3) is 0 Å². The second-order valence-electron chi connectivity index (χ2n) is 4.19. The summed E-state index contributed by atoms with van der Waals surface area (Å²) >= 11 is 0. The monoisotopic (exact) mass is 261 g/mol. The second-order valence-corrected chi connectivity index (χ2v) is 6.09. The zero-order valence-corrected chi connectivity index (χ0v) is 11.7. The summed E-state index contributed by atoms with van der Waals surface area (Å²) in [7, 11) is -3.03. The van der Waals surface area contributed by atoms with Crippen LogP contribution in [0.4, 0.5) is 0 Å². The predicted molar refractivity (Wildman–Crippen MR) is 70.0 cm³/mol. The summed E-state index contributed by atoms with van der Waals surface area (Å²) in [6.45, 7) is 4.41. The van der Waals surface area contributed by atoms with Crippen molar-refractivity contribution in [2.24, 2.45) is 0 Å². The van der Waals surface area contributed by atoms with Crippen molar-refractivity contribution < 1.29 is 13.6 Å². The molecule has 17 heavy (non-hydrogen) atoms. The highest BCUT2D eigenvalue weighted by molar-refractivity contribution is 7.57. The maximum Gasteiger partial charge on any atom is 0.355 e. The smallest absolute Gasteiger partial charge is 0.355 e. The minimum Gasteiger partial charge on any atom is -0.388 e. The van der Waals surface area contributed by atoms with Gasteiger partial charge in [-0.05, 0) is 26.7 Å². The van der Waals surface area contributed by atoms with E-state index in [1.807, 2.05) is 13.8 Å². The van der Waals surface area contributed by atoms with Gasteiger partial charge < -0.3 is 14.4 Å². The second kappa shape index (κ2) is 7.91. The van der Waals surface area contributed by atoms with Gasteiger partial charge in [-0.2, -0.15) is 0 Å². The van der Waals surface area contributed by atoms with E-state index in [0.29, 0.717) is 19.3 Å². The highest BCUT2D eigenvalue weighted by Crippen LogP contribution is 2.49. The molecule has 0 spiro atoms. The first-order valence-corrected chi connectivity index (χ1v) is 8.14. The van der Waals surface area contributed by atoms with E-state index in [1.54, 1.807) is 6.20 Å². The molecule has 100 valence electrons. The van der Waals surface area contributed by atoms with Crippen LogP contribution in [0, 0.1) is 0 Å². The number of hydrogen-bond donors (Lipinski definition) is 1. The number of rotatable bonds is 7. The molecule has 0 heterocycles. The maximum atomic E-state index is 12.1. The molecule has 0 atom stereocenters. The third kappa shape index (κ3) is 5.71. The van der Waals surface area contributed by atoms with E-state index in [4.69, 9.17) is 9.05 Å². The van der Waals surface area contributed by atoms with Crippen molar-refractivity contribution in [2.45, 2.75) is 52.0 Å². The van der Waals surface area contributed by atoms with E-state index in [9.17, 15) is 4.57 Å². The quantitative estimate of drug-likeness (QED) is 0.711. The molecule has 0 aromatic heterocycles. The minimum absolute atomic E-state index is 0.394. The fourth-order valence-corrected chi connectivity index (χ4v) is 3.26. The predicted octanol–water partition coefficient (Wildman–Crippen LogP) is 3.65. The van der Waals surface area contributed by atoms with Crippen molar-refractivity contribution in [3.63, 3.8) is 0 Å². The van der Waals surface area contributed by atoms with Crippen LogP contribution in [0.3, 0.4) is 0 Å². The highest BCUT2D eigenvalue weighted by atomic mass is 31.2. The molecule has 4 nitrogen and oxygen atoms in total. The van der Waals surface area contributed by atoms with Crippen molar-refractivity contribution in [1.29, 1.82) is 0 Å². The Balaban J connectivity index is 2.40. The van der Waals surface area contributed by atoms with Gasteiger partial charge >= 0.3 is 7.60 Å². The van der Waals surface area contributed by atoms with Gasteiger partial charge in [0, 0.05) is 18.1 Å². The molecule has 0 aliphatic heterocycles. The van der Waals surface area contributed by atoms with Crippen LogP contribution in [0.5, 0.6) is 0 Å². The van der Waals surface area contributed by atoms with E-state index in [0.717, 1.165) is 0 Å². The largest absolute Gasteiger partial charge is 0.388 e. The third-order valence-electron chi connectivity index (χ3n) is 2.81. The van der Waals surface area contributed by atoms with Gasteiger partial charge in [0.25, 0.3) is 0 Å². The molecule has 1 fully saturated rings. The SMILES string of the molecule is CCOP(=O)(/C=C\NC1CCCCC1)OCC. The molecule has 0 unspecified atom stereocenters. The minimum atomic E-state index is -3.03. The molecule has 1 saturated carbocycles. The fourth-order valence-electron chi connectivity index (χ4n) is 2.02. The van der Waals surface area contributed by atoms with E-state index < -0.39 is 7.60 Å². The lowest BCUT2D eigenvalue weighted by atomic mass is 9.96. The lowest BCUT2D eigenvalue weighted by Gasteiger charge is -2.22. The molecule has 1 aliphatic rings. The lowest BCUT2D eigenvalue weighted by molar-refractivity contribution is 0.228. The summed E-state index contributed by atoms with van der Waals surface area (Å²) in [5, 5.41) is 3.28. The standard InChI is InChI=1S/C12H24NO3P/c1-3-15-17(14,16-4-2)11-10-13-12-8-6-5-7-9-12/h10-13H,3-9H2,1-2H3/b11-10-.